The van der Waals surface area contributed by atoms with E-state index in [-0.39, 0.29) is 47.8 Å². The molecule has 3 saturated heterocycles. The van der Waals surface area contributed by atoms with E-state index in [1.54, 1.807) is 18.1 Å². The molecule has 4 rings (SSSR count). The van der Waals surface area contributed by atoms with Gasteiger partial charge in [-0.2, -0.15) is 0 Å². The molecule has 3 aliphatic heterocycles. The summed E-state index contributed by atoms with van der Waals surface area (Å²) in [5.41, 5.74) is 8.70. The van der Waals surface area contributed by atoms with Gasteiger partial charge in [-0.15, -0.1) is 0 Å². The summed E-state index contributed by atoms with van der Waals surface area (Å²) in [6.45, 7) is 8.20. The van der Waals surface area contributed by atoms with Crippen molar-refractivity contribution in [2.75, 3.05) is 46.6 Å². The van der Waals surface area contributed by atoms with Gasteiger partial charge in [-0.1, -0.05) is 36.4 Å². The van der Waals surface area contributed by atoms with Crippen molar-refractivity contribution in [3.63, 3.8) is 0 Å². The Morgan fingerprint density at radius 1 is 1.22 bits per heavy atom. The first kappa shape index (κ1) is 31.2. The summed E-state index contributed by atoms with van der Waals surface area (Å²) in [5, 5.41) is 6.97. The van der Waals surface area contributed by atoms with E-state index in [4.69, 9.17) is 19.9 Å². The quantitative estimate of drug-likeness (QED) is 0.162. The molecule has 0 unspecified atom stereocenters. The average molecular weight is 572 g/mol. The molecule has 3 aliphatic rings. The van der Waals surface area contributed by atoms with E-state index in [2.05, 4.69) is 53.4 Å². The molecule has 1 amide bonds. The number of amides is 1. The largest absolute Gasteiger partial charge is 0.385 e. The zero-order valence-electron chi connectivity index (χ0n) is 24.4. The van der Waals surface area contributed by atoms with E-state index in [9.17, 15) is 9.18 Å². The highest BCUT2D eigenvalue weighted by Gasteiger charge is 2.31. The monoisotopic (exact) mass is 571 g/mol. The second kappa shape index (κ2) is 15.4. The number of benzene rings is 1. The Labute approximate surface area is 243 Å². The number of piperidine rings is 1. The van der Waals surface area contributed by atoms with Crippen LogP contribution in [-0.4, -0.2) is 87.6 Å². The number of methoxy groups -OCH3 is 1. The number of likely N-dealkylation sites (tertiary alicyclic amines) is 1. The number of carbonyl (C=O) groups excluding carboxylic acids is 1. The molecule has 9 nitrogen and oxygen atoms in total. The minimum atomic E-state index is -0.932. The summed E-state index contributed by atoms with van der Waals surface area (Å²) in [4.78, 5) is 19.3. The molecule has 4 atom stereocenters. The normalized spacial score (nSPS) is 26.6. The van der Waals surface area contributed by atoms with Crippen molar-refractivity contribution in [2.45, 2.75) is 75.8 Å². The van der Waals surface area contributed by atoms with Crippen molar-refractivity contribution >= 4 is 11.7 Å². The Bertz CT molecular complexity index is 1070. The fourth-order valence-electron chi connectivity index (χ4n) is 5.71. The molecular formula is C31H46FN5O4. The molecule has 4 N–H and O–H groups in total. The number of hydrogen-bond acceptors (Lipinski definition) is 7. The molecular weight excluding hydrogens is 525 g/mol. The minimum absolute atomic E-state index is 0.0127. The third kappa shape index (κ3) is 9.10. The van der Waals surface area contributed by atoms with Gasteiger partial charge in [0, 0.05) is 51.1 Å². The summed E-state index contributed by atoms with van der Waals surface area (Å²) in [6, 6.07) is 8.99. The second-order valence-corrected chi connectivity index (χ2v) is 11.2. The summed E-state index contributed by atoms with van der Waals surface area (Å²) in [6.07, 6.45) is 7.16. The number of alkyl halides is 1. The van der Waals surface area contributed by atoms with Crippen LogP contribution < -0.4 is 16.4 Å². The van der Waals surface area contributed by atoms with Crippen molar-refractivity contribution in [1.29, 1.82) is 0 Å². The fourth-order valence-corrected chi connectivity index (χ4v) is 5.71. The third-order valence-electron chi connectivity index (χ3n) is 8.12. The maximum Gasteiger partial charge on any atom is 0.272 e. The van der Waals surface area contributed by atoms with Crippen LogP contribution in [0.2, 0.25) is 0 Å². The van der Waals surface area contributed by atoms with Gasteiger partial charge in [-0.3, -0.25) is 4.79 Å². The lowest BCUT2D eigenvalue weighted by atomic mass is 9.97. The van der Waals surface area contributed by atoms with E-state index < -0.39 is 6.67 Å². The highest BCUT2D eigenvalue weighted by atomic mass is 19.1. The Morgan fingerprint density at radius 2 is 1.98 bits per heavy atom. The standard InChI is InChI=1S/C31H46FN5O4/c1-21-7-9-23(10-8-21)28-6-4-5-25(41-28)19-34-22(2)17-27(36-30(33)18-32)31(38)37-14-11-24(12-15-37)35-26-13-16-40-20-29(26)39-3/h7-10,17,24-26,28-29,34-35H,2,4-6,11-16,18-20H2,1,3H3,(H2,33,36)/b27-17-/t25-,26-,28+,29+/m1/s1. The lowest BCUT2D eigenvalue weighted by Crippen LogP contribution is -2.54. The molecule has 3 heterocycles. The lowest BCUT2D eigenvalue weighted by Gasteiger charge is -2.38. The van der Waals surface area contributed by atoms with Gasteiger partial charge in [0.1, 0.15) is 18.2 Å². The number of hydrogen-bond donors (Lipinski definition) is 3. The van der Waals surface area contributed by atoms with Crippen LogP contribution in [-0.2, 0) is 19.0 Å². The summed E-state index contributed by atoms with van der Waals surface area (Å²) < 4.78 is 30.7. The molecule has 0 bridgehead atoms. The molecule has 41 heavy (non-hydrogen) atoms. The first-order chi connectivity index (χ1) is 19.9. The highest BCUT2D eigenvalue weighted by Crippen LogP contribution is 2.31. The average Bonchev–Trinajstić information content (AvgIpc) is 3.00. The Morgan fingerprint density at radius 3 is 2.68 bits per heavy atom. The van der Waals surface area contributed by atoms with E-state index in [1.807, 2.05) is 0 Å². The molecule has 0 aromatic heterocycles. The molecule has 3 fully saturated rings. The number of aryl methyl sites for hydroxylation is 1. The van der Waals surface area contributed by atoms with Crippen LogP contribution in [0.25, 0.3) is 0 Å². The van der Waals surface area contributed by atoms with Crippen molar-refractivity contribution in [1.82, 2.24) is 15.5 Å². The minimum Gasteiger partial charge on any atom is -0.385 e. The maximum atomic E-state index is 13.4. The summed E-state index contributed by atoms with van der Waals surface area (Å²) in [7, 11) is 1.71. The number of amidine groups is 1. The van der Waals surface area contributed by atoms with Crippen LogP contribution >= 0.6 is 0 Å². The topological polar surface area (TPSA) is 110 Å². The summed E-state index contributed by atoms with van der Waals surface area (Å²) in [5.74, 6) is -0.521. The number of nitrogens with two attached hydrogens (primary N) is 1. The first-order valence-corrected chi connectivity index (χ1v) is 14.8. The predicted molar refractivity (Wildman–Crippen MR) is 158 cm³/mol. The molecule has 0 radical (unpaired) electrons. The van der Waals surface area contributed by atoms with Gasteiger partial charge in [-0.25, -0.2) is 9.38 Å². The van der Waals surface area contributed by atoms with Crippen molar-refractivity contribution < 1.29 is 23.4 Å². The molecule has 1 aromatic carbocycles. The molecule has 226 valence electrons. The Hall–Kier alpha value is -2.79. The van der Waals surface area contributed by atoms with Gasteiger partial charge >= 0.3 is 0 Å². The van der Waals surface area contributed by atoms with E-state index in [1.165, 1.54) is 11.1 Å². The van der Waals surface area contributed by atoms with Gasteiger partial charge in [0.05, 0.1) is 24.9 Å². The molecule has 10 heteroatoms. The zero-order chi connectivity index (χ0) is 29.2. The number of carbonyl (C=O) groups is 1. The third-order valence-corrected chi connectivity index (χ3v) is 8.12. The fraction of sp³-hybridized carbons (Fsp3) is 0.613. The van der Waals surface area contributed by atoms with Crippen molar-refractivity contribution in [3.8, 4) is 0 Å². The lowest BCUT2D eigenvalue weighted by molar-refractivity contribution is -0.128. The number of ether oxygens (including phenoxy) is 3. The Balaban J connectivity index is 1.31. The number of nitrogens with zero attached hydrogens (tertiary/aromatic N) is 2. The first-order valence-electron chi connectivity index (χ1n) is 14.8. The Kier molecular flexibility index (Phi) is 11.7. The second-order valence-electron chi connectivity index (χ2n) is 11.2. The number of aliphatic imine (C=N–C) groups is 1. The zero-order valence-corrected chi connectivity index (χ0v) is 24.4. The maximum absolute atomic E-state index is 13.4. The van der Waals surface area contributed by atoms with Gasteiger partial charge in [0.15, 0.2) is 0 Å². The van der Waals surface area contributed by atoms with Gasteiger partial charge < -0.3 is 35.5 Å². The molecule has 0 spiro atoms. The van der Waals surface area contributed by atoms with Gasteiger partial charge in [-0.05, 0) is 57.1 Å². The van der Waals surface area contributed by atoms with Crippen LogP contribution in [0.5, 0.6) is 0 Å². The van der Waals surface area contributed by atoms with Crippen LogP contribution in [0.15, 0.2) is 53.3 Å². The van der Waals surface area contributed by atoms with E-state index in [0.29, 0.717) is 31.9 Å². The van der Waals surface area contributed by atoms with Crippen LogP contribution in [0, 0.1) is 6.92 Å². The smallest absolute Gasteiger partial charge is 0.272 e. The molecule has 0 aliphatic carbocycles. The van der Waals surface area contributed by atoms with E-state index >= 15 is 0 Å². The molecule has 1 aromatic rings. The van der Waals surface area contributed by atoms with Crippen molar-refractivity contribution in [3.05, 3.63) is 59.4 Å². The van der Waals surface area contributed by atoms with E-state index in [0.717, 1.165) is 45.1 Å². The number of allylic oxidation sites excluding steroid dienone is 1. The predicted octanol–water partition coefficient (Wildman–Crippen LogP) is 3.30. The van der Waals surface area contributed by atoms with Crippen LogP contribution in [0.4, 0.5) is 4.39 Å². The number of rotatable bonds is 11. The SMILES string of the molecule is C=C(/C=C(\N=C(N)CF)C(=O)N1CCC(N[C@@H]2CCOC[C@@H]2OC)CC1)NC[C@H]1CCC[C@@H](c2ccc(C)cc2)O1. The summed E-state index contributed by atoms with van der Waals surface area (Å²) >= 11 is 0. The van der Waals surface area contributed by atoms with Crippen LogP contribution in [0.3, 0.4) is 0 Å². The number of nitrogens with one attached hydrogen (secondary N) is 2. The van der Waals surface area contributed by atoms with Crippen LogP contribution in [0.1, 0.15) is 55.8 Å². The van der Waals surface area contributed by atoms with Gasteiger partial charge in [0.25, 0.3) is 5.91 Å². The van der Waals surface area contributed by atoms with Crippen molar-refractivity contribution in [2.24, 2.45) is 10.7 Å². The number of halogens is 1. The molecule has 0 saturated carbocycles. The van der Waals surface area contributed by atoms with Gasteiger partial charge in [0.2, 0.25) is 0 Å². The highest BCUT2D eigenvalue weighted by molar-refractivity contribution is 5.97.